The lowest BCUT2D eigenvalue weighted by molar-refractivity contribution is -0.00913. The highest BCUT2D eigenvalue weighted by molar-refractivity contribution is 4.72. The van der Waals surface area contributed by atoms with Gasteiger partial charge in [-0.05, 0) is 25.7 Å². The standard InChI is InChI=1S/C9H19NO2/c1-2-12-9(5-10)7-11-6-8-3-4-8/h8-9H,2-7,10H2,1H3. The van der Waals surface area contributed by atoms with Gasteiger partial charge >= 0.3 is 0 Å². The first-order valence-electron chi connectivity index (χ1n) is 4.76. The van der Waals surface area contributed by atoms with Gasteiger partial charge in [-0.1, -0.05) is 0 Å². The van der Waals surface area contributed by atoms with Crippen molar-refractivity contribution in [2.45, 2.75) is 25.9 Å². The Labute approximate surface area is 74.2 Å². The Morgan fingerprint density at radius 2 is 2.25 bits per heavy atom. The van der Waals surface area contributed by atoms with E-state index >= 15 is 0 Å². The molecule has 0 spiro atoms. The third-order valence-corrected chi connectivity index (χ3v) is 2.02. The van der Waals surface area contributed by atoms with Crippen molar-refractivity contribution in [3.05, 3.63) is 0 Å². The molecule has 0 amide bonds. The van der Waals surface area contributed by atoms with Gasteiger partial charge in [0, 0.05) is 19.8 Å². The van der Waals surface area contributed by atoms with Crippen LogP contribution in [0, 0.1) is 5.92 Å². The molecule has 1 atom stereocenters. The van der Waals surface area contributed by atoms with E-state index in [-0.39, 0.29) is 6.10 Å². The van der Waals surface area contributed by atoms with E-state index in [1.165, 1.54) is 12.8 Å². The quantitative estimate of drug-likeness (QED) is 0.618. The number of hydrogen-bond donors (Lipinski definition) is 1. The van der Waals surface area contributed by atoms with Crippen molar-refractivity contribution < 1.29 is 9.47 Å². The van der Waals surface area contributed by atoms with E-state index in [2.05, 4.69) is 0 Å². The molecule has 0 aromatic heterocycles. The minimum atomic E-state index is 0.0914. The van der Waals surface area contributed by atoms with Crippen molar-refractivity contribution in [3.63, 3.8) is 0 Å². The van der Waals surface area contributed by atoms with Crippen LogP contribution in [0.2, 0.25) is 0 Å². The molecule has 0 bridgehead atoms. The van der Waals surface area contributed by atoms with Crippen LogP contribution in [0.15, 0.2) is 0 Å². The van der Waals surface area contributed by atoms with Gasteiger partial charge in [0.25, 0.3) is 0 Å². The van der Waals surface area contributed by atoms with E-state index in [1.54, 1.807) is 0 Å². The number of ether oxygens (including phenoxy) is 2. The van der Waals surface area contributed by atoms with Gasteiger partial charge in [0.15, 0.2) is 0 Å². The molecule has 12 heavy (non-hydrogen) atoms. The average Bonchev–Trinajstić information content (AvgIpc) is 2.87. The fourth-order valence-electron chi connectivity index (χ4n) is 1.07. The maximum Gasteiger partial charge on any atom is 0.0930 e. The molecule has 1 aliphatic rings. The van der Waals surface area contributed by atoms with Crippen molar-refractivity contribution in [3.8, 4) is 0 Å². The highest BCUT2D eigenvalue weighted by Gasteiger charge is 2.21. The van der Waals surface area contributed by atoms with Gasteiger partial charge < -0.3 is 15.2 Å². The Kier molecular flexibility index (Phi) is 4.58. The molecular formula is C9H19NO2. The molecule has 1 saturated carbocycles. The monoisotopic (exact) mass is 173 g/mol. The molecule has 0 aliphatic heterocycles. The lowest BCUT2D eigenvalue weighted by atomic mass is 10.4. The molecule has 2 N–H and O–H groups in total. The molecule has 1 aliphatic carbocycles. The van der Waals surface area contributed by atoms with Crippen LogP contribution in [-0.4, -0.2) is 32.5 Å². The van der Waals surface area contributed by atoms with E-state index < -0.39 is 0 Å². The molecular weight excluding hydrogens is 154 g/mol. The van der Waals surface area contributed by atoms with E-state index in [0.717, 1.165) is 12.5 Å². The van der Waals surface area contributed by atoms with Crippen LogP contribution in [-0.2, 0) is 9.47 Å². The predicted molar refractivity (Wildman–Crippen MR) is 48.0 cm³/mol. The normalized spacial score (nSPS) is 19.5. The predicted octanol–water partition coefficient (Wildman–Crippen LogP) is 0.777. The third kappa shape index (κ3) is 4.04. The Morgan fingerprint density at radius 3 is 2.75 bits per heavy atom. The van der Waals surface area contributed by atoms with Gasteiger partial charge in [0.05, 0.1) is 12.7 Å². The number of rotatable bonds is 7. The summed E-state index contributed by atoms with van der Waals surface area (Å²) < 4.78 is 10.8. The molecule has 0 heterocycles. The van der Waals surface area contributed by atoms with Gasteiger partial charge in [-0.3, -0.25) is 0 Å². The van der Waals surface area contributed by atoms with Crippen LogP contribution in [0.25, 0.3) is 0 Å². The summed E-state index contributed by atoms with van der Waals surface area (Å²) in [6, 6.07) is 0. The molecule has 72 valence electrons. The van der Waals surface area contributed by atoms with Crippen LogP contribution in [0.5, 0.6) is 0 Å². The zero-order valence-corrected chi connectivity index (χ0v) is 7.79. The van der Waals surface area contributed by atoms with E-state index in [4.69, 9.17) is 15.2 Å². The molecule has 1 rings (SSSR count). The van der Waals surface area contributed by atoms with E-state index in [0.29, 0.717) is 19.8 Å². The van der Waals surface area contributed by atoms with Crippen LogP contribution >= 0.6 is 0 Å². The average molecular weight is 173 g/mol. The molecule has 3 nitrogen and oxygen atoms in total. The lowest BCUT2D eigenvalue weighted by Crippen LogP contribution is -2.29. The van der Waals surface area contributed by atoms with Crippen LogP contribution in [0.3, 0.4) is 0 Å². The zero-order valence-electron chi connectivity index (χ0n) is 7.79. The van der Waals surface area contributed by atoms with Crippen LogP contribution in [0.4, 0.5) is 0 Å². The summed E-state index contributed by atoms with van der Waals surface area (Å²) in [5, 5.41) is 0. The Hall–Kier alpha value is -0.120. The van der Waals surface area contributed by atoms with E-state index in [1.807, 2.05) is 6.92 Å². The van der Waals surface area contributed by atoms with E-state index in [9.17, 15) is 0 Å². The largest absolute Gasteiger partial charge is 0.378 e. The van der Waals surface area contributed by atoms with Gasteiger partial charge in [0.2, 0.25) is 0 Å². The molecule has 0 aromatic carbocycles. The Bertz CT molecular complexity index is 115. The number of hydrogen-bond acceptors (Lipinski definition) is 3. The first kappa shape index (κ1) is 9.96. The van der Waals surface area contributed by atoms with Crippen molar-refractivity contribution in [1.82, 2.24) is 0 Å². The summed E-state index contributed by atoms with van der Waals surface area (Å²) in [5.74, 6) is 0.824. The van der Waals surface area contributed by atoms with Gasteiger partial charge in [-0.2, -0.15) is 0 Å². The molecule has 0 radical (unpaired) electrons. The van der Waals surface area contributed by atoms with Crippen LogP contribution < -0.4 is 5.73 Å². The Balaban J connectivity index is 1.93. The minimum Gasteiger partial charge on any atom is -0.378 e. The second kappa shape index (κ2) is 5.51. The first-order valence-corrected chi connectivity index (χ1v) is 4.76. The second-order valence-corrected chi connectivity index (χ2v) is 3.29. The van der Waals surface area contributed by atoms with Crippen molar-refractivity contribution >= 4 is 0 Å². The smallest absolute Gasteiger partial charge is 0.0930 e. The maximum atomic E-state index is 5.49. The molecule has 3 heteroatoms. The SMILES string of the molecule is CCOC(CN)COCC1CC1. The maximum absolute atomic E-state index is 5.49. The summed E-state index contributed by atoms with van der Waals surface area (Å²) in [7, 11) is 0. The van der Waals surface area contributed by atoms with Crippen molar-refractivity contribution in [1.29, 1.82) is 0 Å². The summed E-state index contributed by atoms with van der Waals surface area (Å²) in [5.41, 5.74) is 5.49. The highest BCUT2D eigenvalue weighted by Crippen LogP contribution is 2.28. The summed E-state index contributed by atoms with van der Waals surface area (Å²) in [6.07, 6.45) is 2.76. The summed E-state index contributed by atoms with van der Waals surface area (Å²) in [6.45, 7) is 4.79. The molecule has 1 unspecified atom stereocenters. The topological polar surface area (TPSA) is 44.5 Å². The van der Waals surface area contributed by atoms with Gasteiger partial charge in [-0.15, -0.1) is 0 Å². The zero-order chi connectivity index (χ0) is 8.81. The van der Waals surface area contributed by atoms with Crippen LogP contribution in [0.1, 0.15) is 19.8 Å². The summed E-state index contributed by atoms with van der Waals surface area (Å²) in [4.78, 5) is 0. The summed E-state index contributed by atoms with van der Waals surface area (Å²) >= 11 is 0. The fourth-order valence-corrected chi connectivity index (χ4v) is 1.07. The van der Waals surface area contributed by atoms with Crippen molar-refractivity contribution in [2.24, 2.45) is 11.7 Å². The third-order valence-electron chi connectivity index (χ3n) is 2.02. The van der Waals surface area contributed by atoms with Crippen molar-refractivity contribution in [2.75, 3.05) is 26.4 Å². The lowest BCUT2D eigenvalue weighted by Gasteiger charge is -2.14. The first-order chi connectivity index (χ1) is 5.86. The van der Waals surface area contributed by atoms with Gasteiger partial charge in [-0.25, -0.2) is 0 Å². The fraction of sp³-hybridized carbons (Fsp3) is 1.00. The minimum absolute atomic E-state index is 0.0914. The Morgan fingerprint density at radius 1 is 1.50 bits per heavy atom. The number of nitrogens with two attached hydrogens (primary N) is 1. The van der Waals surface area contributed by atoms with Gasteiger partial charge in [0.1, 0.15) is 0 Å². The highest BCUT2D eigenvalue weighted by atomic mass is 16.5. The second-order valence-electron chi connectivity index (χ2n) is 3.29. The molecule has 1 fully saturated rings. The molecule has 0 saturated heterocycles. The molecule has 0 aromatic rings.